The van der Waals surface area contributed by atoms with E-state index in [2.05, 4.69) is 208 Å². The summed E-state index contributed by atoms with van der Waals surface area (Å²) in [5, 5.41) is 15.1. The van der Waals surface area contributed by atoms with Gasteiger partial charge in [-0.25, -0.2) is 0 Å². The van der Waals surface area contributed by atoms with Crippen molar-refractivity contribution in [1.29, 1.82) is 0 Å². The topological polar surface area (TPSA) is 13.1 Å². The van der Waals surface area contributed by atoms with Crippen LogP contribution in [0.25, 0.3) is 120 Å². The van der Waals surface area contributed by atoms with Crippen LogP contribution in [0.1, 0.15) is 25.0 Å². The Labute approximate surface area is 347 Å². The average molecular weight is 763 g/mol. The predicted molar refractivity (Wildman–Crippen MR) is 255 cm³/mol. The van der Waals surface area contributed by atoms with E-state index in [0.717, 1.165) is 16.6 Å². The van der Waals surface area contributed by atoms with Crippen LogP contribution in [0.5, 0.6) is 0 Å². The zero-order chi connectivity index (χ0) is 39.7. The summed E-state index contributed by atoms with van der Waals surface area (Å²) >= 11 is 0. The molecule has 60 heavy (non-hydrogen) atoms. The lowest BCUT2D eigenvalue weighted by atomic mass is 9.79. The van der Waals surface area contributed by atoms with E-state index in [0.29, 0.717) is 0 Å². The Morgan fingerprint density at radius 1 is 0.333 bits per heavy atom. The van der Waals surface area contributed by atoms with Crippen LogP contribution >= 0.6 is 0 Å². The summed E-state index contributed by atoms with van der Waals surface area (Å²) in [6, 6.07) is 71.8. The van der Waals surface area contributed by atoms with Gasteiger partial charge < -0.3 is 4.42 Å². The molecule has 280 valence electrons. The van der Waals surface area contributed by atoms with E-state index in [4.69, 9.17) is 4.42 Å². The highest BCUT2D eigenvalue weighted by Crippen LogP contribution is 2.57. The number of furan rings is 1. The minimum absolute atomic E-state index is 0.146. The van der Waals surface area contributed by atoms with Gasteiger partial charge >= 0.3 is 0 Å². The molecule has 0 unspecified atom stereocenters. The predicted octanol–water partition coefficient (Wildman–Crippen LogP) is 16.7. The fraction of sp³-hybridized carbons (Fsp3) is 0.0508. The second kappa shape index (κ2) is 12.3. The molecule has 0 bridgehead atoms. The standard InChI is InChI=1S/C59H38O/c1-59(2)50-25-13-24-40(56(50)57-43-18-7-5-16-41(43)42-17-6-12-23-48(42)58(57)59)36-26-28-37(29-27-36)53-44-19-8-10-21-46(44)54(47-22-11-9-20-45(47)53)38-31-32-51-49(34-38)55-39-15-4-3-14-35(39)30-33-52(55)60-51/h3-34H,1-2H3. The number of benzene rings is 11. The SMILES string of the molecule is CC1(C)c2cccc(-c3ccc(-c4c5ccccc5c(-c5ccc6oc7ccc8ccccc8c7c6c5)c5ccccc45)cc3)c2-c2c1c1ccccc1c1ccccc21. The summed E-state index contributed by atoms with van der Waals surface area (Å²) in [4.78, 5) is 0. The Morgan fingerprint density at radius 2 is 0.833 bits per heavy atom. The molecular weight excluding hydrogens is 725 g/mol. The molecule has 0 atom stereocenters. The fourth-order valence-electron chi connectivity index (χ4n) is 11.0. The third-order valence-corrected chi connectivity index (χ3v) is 13.6. The zero-order valence-electron chi connectivity index (χ0n) is 33.4. The molecule has 0 fully saturated rings. The third-order valence-electron chi connectivity index (χ3n) is 13.6. The first-order valence-corrected chi connectivity index (χ1v) is 21.0. The number of fused-ring (bicyclic) bond motifs is 15. The van der Waals surface area contributed by atoms with E-state index in [1.54, 1.807) is 0 Å². The highest BCUT2D eigenvalue weighted by Gasteiger charge is 2.39. The van der Waals surface area contributed by atoms with Gasteiger partial charge in [-0.2, -0.15) is 0 Å². The van der Waals surface area contributed by atoms with Gasteiger partial charge in [0.2, 0.25) is 0 Å². The molecule has 13 rings (SSSR count). The van der Waals surface area contributed by atoms with Crippen LogP contribution in [-0.2, 0) is 5.41 Å². The summed E-state index contributed by atoms with van der Waals surface area (Å²) in [6.07, 6.45) is 0. The minimum atomic E-state index is -0.146. The Hall–Kier alpha value is -7.48. The number of hydrogen-bond donors (Lipinski definition) is 0. The average Bonchev–Trinajstić information content (AvgIpc) is 3.80. The Balaban J connectivity index is 1.00. The van der Waals surface area contributed by atoms with E-state index in [9.17, 15) is 0 Å². The molecule has 11 aromatic carbocycles. The summed E-state index contributed by atoms with van der Waals surface area (Å²) in [7, 11) is 0. The van der Waals surface area contributed by atoms with Gasteiger partial charge in [0.05, 0.1) is 0 Å². The first kappa shape index (κ1) is 33.5. The second-order valence-corrected chi connectivity index (χ2v) is 17.1. The lowest BCUT2D eigenvalue weighted by molar-refractivity contribution is 0.666. The Kier molecular flexibility index (Phi) is 6.85. The van der Waals surface area contributed by atoms with E-state index < -0.39 is 0 Å². The molecule has 1 aliphatic rings. The van der Waals surface area contributed by atoms with E-state index in [-0.39, 0.29) is 5.41 Å². The highest BCUT2D eigenvalue weighted by molar-refractivity contribution is 6.24. The number of rotatable bonds is 3. The molecule has 1 heterocycles. The van der Waals surface area contributed by atoms with Crippen molar-refractivity contribution in [2.75, 3.05) is 0 Å². The molecule has 0 spiro atoms. The Bertz CT molecular complexity index is 3730. The maximum Gasteiger partial charge on any atom is 0.136 e. The summed E-state index contributed by atoms with van der Waals surface area (Å²) in [6.45, 7) is 4.81. The first-order valence-electron chi connectivity index (χ1n) is 21.0. The molecule has 0 amide bonds. The monoisotopic (exact) mass is 762 g/mol. The molecule has 12 aromatic rings. The quantitative estimate of drug-likeness (QED) is 0.129. The van der Waals surface area contributed by atoms with Crippen LogP contribution in [0, 0.1) is 0 Å². The Morgan fingerprint density at radius 3 is 1.50 bits per heavy atom. The van der Waals surface area contributed by atoms with Crippen molar-refractivity contribution in [3.63, 3.8) is 0 Å². The normalized spacial score (nSPS) is 13.3. The van der Waals surface area contributed by atoms with Crippen LogP contribution in [0.15, 0.2) is 199 Å². The van der Waals surface area contributed by atoms with Crippen molar-refractivity contribution in [3.8, 4) is 44.5 Å². The molecule has 0 aliphatic heterocycles. The van der Waals surface area contributed by atoms with Crippen LogP contribution in [0.2, 0.25) is 0 Å². The van der Waals surface area contributed by atoms with Crippen molar-refractivity contribution in [2.45, 2.75) is 19.3 Å². The lowest BCUT2D eigenvalue weighted by Crippen LogP contribution is -2.15. The maximum absolute atomic E-state index is 6.43. The second-order valence-electron chi connectivity index (χ2n) is 17.1. The van der Waals surface area contributed by atoms with Gasteiger partial charge in [-0.3, -0.25) is 0 Å². The molecule has 1 nitrogen and oxygen atoms in total. The fourth-order valence-corrected chi connectivity index (χ4v) is 11.0. The van der Waals surface area contributed by atoms with Crippen molar-refractivity contribution in [2.24, 2.45) is 0 Å². The highest BCUT2D eigenvalue weighted by atomic mass is 16.3. The van der Waals surface area contributed by atoms with Gasteiger partial charge in [0.1, 0.15) is 11.2 Å². The molecule has 0 saturated heterocycles. The molecule has 0 saturated carbocycles. The summed E-state index contributed by atoms with van der Waals surface area (Å²) in [5.41, 5.74) is 14.7. The largest absolute Gasteiger partial charge is 0.456 e. The van der Waals surface area contributed by atoms with Gasteiger partial charge in [-0.05, 0) is 128 Å². The van der Waals surface area contributed by atoms with Gasteiger partial charge in [-0.15, -0.1) is 0 Å². The first-order chi connectivity index (χ1) is 29.5. The van der Waals surface area contributed by atoms with E-state index >= 15 is 0 Å². The van der Waals surface area contributed by atoms with Gasteiger partial charge in [0.15, 0.2) is 0 Å². The van der Waals surface area contributed by atoms with Crippen LogP contribution < -0.4 is 0 Å². The molecule has 0 N–H and O–H groups in total. The molecular formula is C59H38O. The van der Waals surface area contributed by atoms with Crippen LogP contribution in [0.4, 0.5) is 0 Å². The van der Waals surface area contributed by atoms with Crippen LogP contribution in [-0.4, -0.2) is 0 Å². The van der Waals surface area contributed by atoms with E-state index in [1.165, 1.54) is 115 Å². The third kappa shape index (κ3) is 4.52. The lowest BCUT2D eigenvalue weighted by Gasteiger charge is -2.24. The smallest absolute Gasteiger partial charge is 0.136 e. The molecule has 0 radical (unpaired) electrons. The van der Waals surface area contributed by atoms with E-state index in [1.807, 2.05) is 0 Å². The number of hydrogen-bond acceptors (Lipinski definition) is 1. The summed E-state index contributed by atoms with van der Waals surface area (Å²) in [5.74, 6) is 0. The maximum atomic E-state index is 6.43. The van der Waals surface area contributed by atoms with Gasteiger partial charge in [-0.1, -0.05) is 190 Å². The zero-order valence-corrected chi connectivity index (χ0v) is 33.4. The minimum Gasteiger partial charge on any atom is -0.456 e. The molecule has 1 heteroatoms. The van der Waals surface area contributed by atoms with Crippen molar-refractivity contribution in [3.05, 3.63) is 205 Å². The van der Waals surface area contributed by atoms with Gasteiger partial charge in [0, 0.05) is 16.2 Å². The molecule has 1 aromatic heterocycles. The molecule has 1 aliphatic carbocycles. The summed E-state index contributed by atoms with van der Waals surface area (Å²) < 4.78 is 6.43. The van der Waals surface area contributed by atoms with Crippen molar-refractivity contribution < 1.29 is 4.42 Å². The van der Waals surface area contributed by atoms with Crippen molar-refractivity contribution >= 4 is 75.8 Å². The van der Waals surface area contributed by atoms with Crippen molar-refractivity contribution in [1.82, 2.24) is 0 Å². The van der Waals surface area contributed by atoms with Crippen LogP contribution in [0.3, 0.4) is 0 Å². The van der Waals surface area contributed by atoms with Gasteiger partial charge in [0.25, 0.3) is 0 Å².